The standard InChI is InChI=1S/C14H10ClFN2O/c15-12-8-11(4-5-13(12)16)18-14(19)6-3-10-2-1-7-17-9-10/h1-9H,(H,18,19)/b6-3+. The second-order valence-electron chi connectivity index (χ2n) is 3.74. The maximum absolute atomic E-state index is 12.9. The molecule has 19 heavy (non-hydrogen) atoms. The Morgan fingerprint density at radius 1 is 1.37 bits per heavy atom. The Morgan fingerprint density at radius 2 is 2.21 bits per heavy atom. The van der Waals surface area contributed by atoms with E-state index >= 15 is 0 Å². The molecule has 0 atom stereocenters. The lowest BCUT2D eigenvalue weighted by atomic mass is 10.2. The van der Waals surface area contributed by atoms with E-state index in [0.29, 0.717) is 5.69 Å². The van der Waals surface area contributed by atoms with Crippen LogP contribution in [0.15, 0.2) is 48.8 Å². The summed E-state index contributed by atoms with van der Waals surface area (Å²) in [4.78, 5) is 15.6. The molecule has 0 aliphatic carbocycles. The first-order chi connectivity index (χ1) is 9.15. The minimum absolute atomic E-state index is 0.0333. The van der Waals surface area contributed by atoms with Gasteiger partial charge >= 0.3 is 0 Å². The van der Waals surface area contributed by atoms with Crippen molar-refractivity contribution in [2.75, 3.05) is 5.32 Å². The number of pyridine rings is 1. The molecule has 0 fully saturated rings. The summed E-state index contributed by atoms with van der Waals surface area (Å²) < 4.78 is 12.9. The van der Waals surface area contributed by atoms with Gasteiger partial charge in [-0.2, -0.15) is 0 Å². The summed E-state index contributed by atoms with van der Waals surface area (Å²) in [7, 11) is 0. The fourth-order valence-corrected chi connectivity index (χ4v) is 1.58. The molecule has 3 nitrogen and oxygen atoms in total. The molecule has 0 radical (unpaired) electrons. The highest BCUT2D eigenvalue weighted by Gasteiger charge is 2.02. The number of hydrogen-bond donors (Lipinski definition) is 1. The van der Waals surface area contributed by atoms with Crippen LogP contribution in [0.3, 0.4) is 0 Å². The molecular formula is C14H10ClFN2O. The van der Waals surface area contributed by atoms with E-state index in [4.69, 9.17) is 11.6 Å². The molecule has 1 aromatic heterocycles. The smallest absolute Gasteiger partial charge is 0.248 e. The van der Waals surface area contributed by atoms with Gasteiger partial charge in [0.15, 0.2) is 0 Å². The second kappa shape index (κ2) is 6.11. The number of carbonyl (C=O) groups is 1. The molecule has 2 aromatic rings. The number of nitrogens with one attached hydrogen (secondary N) is 1. The number of anilines is 1. The van der Waals surface area contributed by atoms with Gasteiger partial charge in [-0.3, -0.25) is 9.78 Å². The first kappa shape index (κ1) is 13.2. The summed E-state index contributed by atoms with van der Waals surface area (Å²) in [5.41, 5.74) is 1.25. The molecule has 0 bridgehead atoms. The lowest BCUT2D eigenvalue weighted by molar-refractivity contribution is -0.111. The van der Waals surface area contributed by atoms with Gasteiger partial charge in [0, 0.05) is 24.2 Å². The minimum Gasteiger partial charge on any atom is -0.322 e. The topological polar surface area (TPSA) is 42.0 Å². The van der Waals surface area contributed by atoms with Crippen LogP contribution < -0.4 is 5.32 Å². The van der Waals surface area contributed by atoms with Crippen LogP contribution in [0.5, 0.6) is 0 Å². The SMILES string of the molecule is O=C(/C=C/c1cccnc1)Nc1ccc(F)c(Cl)c1. The third kappa shape index (κ3) is 3.89. The number of carbonyl (C=O) groups excluding carboxylic acids is 1. The number of benzene rings is 1. The molecule has 5 heteroatoms. The second-order valence-corrected chi connectivity index (χ2v) is 4.15. The van der Waals surface area contributed by atoms with E-state index in [9.17, 15) is 9.18 Å². The zero-order valence-electron chi connectivity index (χ0n) is 9.81. The van der Waals surface area contributed by atoms with Gasteiger partial charge in [-0.1, -0.05) is 17.7 Å². The lowest BCUT2D eigenvalue weighted by Gasteiger charge is -2.02. The number of halogens is 2. The number of nitrogens with zero attached hydrogens (tertiary/aromatic N) is 1. The van der Waals surface area contributed by atoms with E-state index in [1.807, 2.05) is 6.07 Å². The van der Waals surface area contributed by atoms with Crippen LogP contribution in [0.2, 0.25) is 5.02 Å². The molecule has 96 valence electrons. The monoisotopic (exact) mass is 276 g/mol. The van der Waals surface area contributed by atoms with Crippen molar-refractivity contribution < 1.29 is 9.18 Å². The third-order valence-corrected chi connectivity index (χ3v) is 2.59. The number of hydrogen-bond acceptors (Lipinski definition) is 2. The van der Waals surface area contributed by atoms with Crippen LogP contribution >= 0.6 is 11.6 Å². The molecule has 1 heterocycles. The van der Waals surface area contributed by atoms with Gasteiger partial charge in [0.05, 0.1) is 5.02 Å². The summed E-state index contributed by atoms with van der Waals surface area (Å²) >= 11 is 5.62. The molecule has 0 spiro atoms. The highest BCUT2D eigenvalue weighted by molar-refractivity contribution is 6.31. The highest BCUT2D eigenvalue weighted by atomic mass is 35.5. The molecule has 1 aromatic carbocycles. The van der Waals surface area contributed by atoms with Crippen molar-refractivity contribution in [2.45, 2.75) is 0 Å². The zero-order chi connectivity index (χ0) is 13.7. The molecular weight excluding hydrogens is 267 g/mol. The summed E-state index contributed by atoms with van der Waals surface area (Å²) in [6.07, 6.45) is 6.29. The number of amides is 1. The first-order valence-corrected chi connectivity index (χ1v) is 5.87. The van der Waals surface area contributed by atoms with E-state index in [-0.39, 0.29) is 10.9 Å². The summed E-state index contributed by atoms with van der Waals surface area (Å²) in [5.74, 6) is -0.850. The lowest BCUT2D eigenvalue weighted by Crippen LogP contribution is -2.07. The van der Waals surface area contributed by atoms with Crippen LogP contribution in [0.1, 0.15) is 5.56 Å². The van der Waals surface area contributed by atoms with Gasteiger partial charge in [-0.15, -0.1) is 0 Å². The van der Waals surface area contributed by atoms with Gasteiger partial charge < -0.3 is 5.32 Å². The fraction of sp³-hybridized carbons (Fsp3) is 0. The Morgan fingerprint density at radius 3 is 2.89 bits per heavy atom. The van der Waals surface area contributed by atoms with E-state index in [1.54, 1.807) is 24.5 Å². The van der Waals surface area contributed by atoms with Crippen molar-refractivity contribution in [3.05, 3.63) is 65.2 Å². The van der Waals surface area contributed by atoms with Crippen LogP contribution in [0.4, 0.5) is 10.1 Å². The van der Waals surface area contributed by atoms with Crippen LogP contribution in [-0.2, 0) is 4.79 Å². The van der Waals surface area contributed by atoms with Gasteiger partial charge in [0.1, 0.15) is 5.82 Å². The van der Waals surface area contributed by atoms with Crippen molar-refractivity contribution in [3.63, 3.8) is 0 Å². The maximum atomic E-state index is 12.9. The van der Waals surface area contributed by atoms with Gasteiger partial charge in [-0.05, 0) is 35.9 Å². The quantitative estimate of drug-likeness (QED) is 0.872. The van der Waals surface area contributed by atoms with Crippen molar-refractivity contribution in [1.82, 2.24) is 4.98 Å². The van der Waals surface area contributed by atoms with E-state index in [0.717, 1.165) is 5.56 Å². The molecule has 0 aliphatic heterocycles. The van der Waals surface area contributed by atoms with E-state index < -0.39 is 5.82 Å². The summed E-state index contributed by atoms with van der Waals surface area (Å²) in [5, 5.41) is 2.55. The summed E-state index contributed by atoms with van der Waals surface area (Å²) in [6.45, 7) is 0. The molecule has 1 N–H and O–H groups in total. The summed E-state index contributed by atoms with van der Waals surface area (Å²) in [6, 6.07) is 7.59. The van der Waals surface area contributed by atoms with Gasteiger partial charge in [0.2, 0.25) is 5.91 Å². The molecule has 0 saturated heterocycles. The predicted octanol–water partition coefficient (Wildman–Crippen LogP) is 3.53. The average Bonchev–Trinajstić information content (AvgIpc) is 2.42. The van der Waals surface area contributed by atoms with Crippen LogP contribution in [-0.4, -0.2) is 10.9 Å². The van der Waals surface area contributed by atoms with Crippen molar-refractivity contribution in [1.29, 1.82) is 0 Å². The van der Waals surface area contributed by atoms with Crippen molar-refractivity contribution >= 4 is 29.3 Å². The highest BCUT2D eigenvalue weighted by Crippen LogP contribution is 2.19. The van der Waals surface area contributed by atoms with Gasteiger partial charge in [0.25, 0.3) is 0 Å². The molecule has 2 rings (SSSR count). The van der Waals surface area contributed by atoms with Crippen molar-refractivity contribution in [3.8, 4) is 0 Å². The van der Waals surface area contributed by atoms with Crippen LogP contribution in [0, 0.1) is 5.82 Å². The maximum Gasteiger partial charge on any atom is 0.248 e. The zero-order valence-corrected chi connectivity index (χ0v) is 10.6. The molecule has 0 saturated carbocycles. The van der Waals surface area contributed by atoms with Crippen molar-refractivity contribution in [2.24, 2.45) is 0 Å². The number of rotatable bonds is 3. The predicted molar refractivity (Wildman–Crippen MR) is 73.3 cm³/mol. The third-order valence-electron chi connectivity index (χ3n) is 2.30. The van der Waals surface area contributed by atoms with Crippen LogP contribution in [0.25, 0.3) is 6.08 Å². The van der Waals surface area contributed by atoms with E-state index in [2.05, 4.69) is 10.3 Å². The molecule has 0 unspecified atom stereocenters. The van der Waals surface area contributed by atoms with E-state index in [1.165, 1.54) is 24.3 Å². The Bertz CT molecular complexity index is 614. The Balaban J connectivity index is 2.01. The normalized spacial score (nSPS) is 10.6. The van der Waals surface area contributed by atoms with Gasteiger partial charge in [-0.25, -0.2) is 4.39 Å². The number of aromatic nitrogens is 1. The molecule has 0 aliphatic rings. The fourth-order valence-electron chi connectivity index (χ4n) is 1.40. The largest absolute Gasteiger partial charge is 0.322 e. The Kier molecular flexibility index (Phi) is 4.26. The first-order valence-electron chi connectivity index (χ1n) is 5.49. The average molecular weight is 277 g/mol. The molecule has 1 amide bonds. The minimum atomic E-state index is -0.523. The Hall–Kier alpha value is -2.20. The Labute approximate surface area is 114 Å².